The molecule has 3 aliphatic heterocycles. The summed E-state index contributed by atoms with van der Waals surface area (Å²) in [5, 5.41) is 3.19. The molecular formula is C16H19N3O2. The van der Waals surface area contributed by atoms with Gasteiger partial charge in [-0.3, -0.25) is 4.79 Å². The molecule has 1 aromatic carbocycles. The average molecular weight is 285 g/mol. The summed E-state index contributed by atoms with van der Waals surface area (Å²) < 4.78 is 5.21. The molecular weight excluding hydrogens is 266 g/mol. The molecule has 0 spiro atoms. The Kier molecular flexibility index (Phi) is 3.15. The summed E-state index contributed by atoms with van der Waals surface area (Å²) in [6.45, 7) is 3.35. The number of carbonyl (C=O) groups is 1. The lowest BCUT2D eigenvalue weighted by atomic mass is 9.94. The monoisotopic (exact) mass is 285 g/mol. The van der Waals surface area contributed by atoms with E-state index in [1.54, 1.807) is 18.2 Å². The van der Waals surface area contributed by atoms with Gasteiger partial charge in [0.25, 0.3) is 5.91 Å². The van der Waals surface area contributed by atoms with Crippen molar-refractivity contribution in [3.05, 3.63) is 30.2 Å². The molecule has 1 aromatic heterocycles. The molecule has 1 atom stereocenters. The number of carbonyl (C=O) groups excluding carboxylic acids is 1. The number of nitrogens with zero attached hydrogens (tertiary/aromatic N) is 2. The second-order valence-electron chi connectivity index (χ2n) is 6.18. The first-order valence-corrected chi connectivity index (χ1v) is 7.64. The number of fused-ring (bicyclic) bond motifs is 5. The number of benzene rings is 1. The highest BCUT2D eigenvalue weighted by atomic mass is 16.3. The van der Waals surface area contributed by atoms with E-state index >= 15 is 0 Å². The van der Waals surface area contributed by atoms with E-state index < -0.39 is 0 Å². The first-order chi connectivity index (χ1) is 10.3. The lowest BCUT2D eigenvalue weighted by Gasteiger charge is -2.26. The van der Waals surface area contributed by atoms with Crippen LogP contribution in [0.2, 0.25) is 0 Å². The smallest absolute Gasteiger partial charge is 0.251 e. The summed E-state index contributed by atoms with van der Waals surface area (Å²) in [5.74, 6) is 0.763. The summed E-state index contributed by atoms with van der Waals surface area (Å²) >= 11 is 0. The maximum atomic E-state index is 12.4. The van der Waals surface area contributed by atoms with Gasteiger partial charge < -0.3 is 14.6 Å². The molecule has 110 valence electrons. The van der Waals surface area contributed by atoms with Crippen molar-refractivity contribution < 1.29 is 9.21 Å². The van der Waals surface area contributed by atoms with Gasteiger partial charge in [0.1, 0.15) is 5.52 Å². The van der Waals surface area contributed by atoms with Crippen molar-refractivity contribution in [2.45, 2.75) is 25.3 Å². The summed E-state index contributed by atoms with van der Waals surface area (Å²) in [7, 11) is 0. The molecule has 3 fully saturated rings. The largest absolute Gasteiger partial charge is 0.443 e. The molecule has 2 bridgehead atoms. The van der Waals surface area contributed by atoms with Crippen LogP contribution >= 0.6 is 0 Å². The van der Waals surface area contributed by atoms with Crippen LogP contribution in [0.25, 0.3) is 11.1 Å². The molecule has 4 heterocycles. The molecule has 3 aliphatic rings. The molecule has 21 heavy (non-hydrogen) atoms. The number of aromatic nitrogens is 1. The van der Waals surface area contributed by atoms with Crippen molar-refractivity contribution in [2.75, 3.05) is 19.6 Å². The van der Waals surface area contributed by atoms with Crippen molar-refractivity contribution in [1.29, 1.82) is 0 Å². The Morgan fingerprint density at radius 1 is 1.33 bits per heavy atom. The molecule has 1 amide bonds. The zero-order chi connectivity index (χ0) is 14.2. The van der Waals surface area contributed by atoms with Gasteiger partial charge in [0.05, 0.1) is 0 Å². The van der Waals surface area contributed by atoms with Crippen LogP contribution in [-0.4, -0.2) is 41.5 Å². The standard InChI is InChI=1S/C16H19N3O2/c20-16(12-1-2-15-14(8-12)17-10-21-15)18-13-7-11-3-5-19(9-13)6-4-11/h1-2,8,10-11,13H,3-7,9H2,(H,18,20). The van der Waals surface area contributed by atoms with Crippen LogP contribution < -0.4 is 5.32 Å². The first kappa shape index (κ1) is 12.8. The zero-order valence-electron chi connectivity index (χ0n) is 11.9. The maximum absolute atomic E-state index is 12.4. The third-order valence-corrected chi connectivity index (χ3v) is 4.73. The van der Waals surface area contributed by atoms with Crippen LogP contribution in [0.3, 0.4) is 0 Å². The van der Waals surface area contributed by atoms with E-state index in [-0.39, 0.29) is 11.9 Å². The Labute approximate surface area is 123 Å². The minimum Gasteiger partial charge on any atom is -0.443 e. The number of hydrogen-bond acceptors (Lipinski definition) is 4. The third-order valence-electron chi connectivity index (χ3n) is 4.73. The van der Waals surface area contributed by atoms with Gasteiger partial charge in [-0.15, -0.1) is 0 Å². The molecule has 1 N–H and O–H groups in total. The van der Waals surface area contributed by atoms with Crippen LogP contribution in [0.1, 0.15) is 29.6 Å². The molecule has 0 aliphatic carbocycles. The number of rotatable bonds is 2. The highest BCUT2D eigenvalue weighted by Crippen LogP contribution is 2.26. The minimum atomic E-state index is -0.00704. The summed E-state index contributed by atoms with van der Waals surface area (Å²) in [5.41, 5.74) is 2.10. The van der Waals surface area contributed by atoms with E-state index in [9.17, 15) is 4.79 Å². The molecule has 0 saturated carbocycles. The van der Waals surface area contributed by atoms with Gasteiger partial charge in [-0.1, -0.05) is 0 Å². The van der Waals surface area contributed by atoms with E-state index in [4.69, 9.17) is 4.42 Å². The molecule has 5 heteroatoms. The molecule has 2 aromatic rings. The van der Waals surface area contributed by atoms with Crippen LogP contribution in [0.15, 0.2) is 29.0 Å². The first-order valence-electron chi connectivity index (χ1n) is 7.64. The van der Waals surface area contributed by atoms with Gasteiger partial charge in [-0.25, -0.2) is 4.98 Å². The number of nitrogens with one attached hydrogen (secondary N) is 1. The van der Waals surface area contributed by atoms with E-state index in [0.717, 1.165) is 24.4 Å². The van der Waals surface area contributed by atoms with Crippen molar-refractivity contribution in [3.63, 3.8) is 0 Å². The summed E-state index contributed by atoms with van der Waals surface area (Å²) in [4.78, 5) is 19.0. The Balaban J connectivity index is 1.49. The third kappa shape index (κ3) is 2.53. The van der Waals surface area contributed by atoms with Crippen LogP contribution in [0.4, 0.5) is 0 Å². The number of piperidine rings is 1. The van der Waals surface area contributed by atoms with Crippen molar-refractivity contribution >= 4 is 17.0 Å². The Morgan fingerprint density at radius 3 is 3.05 bits per heavy atom. The quantitative estimate of drug-likeness (QED) is 0.917. The molecule has 5 nitrogen and oxygen atoms in total. The lowest BCUT2D eigenvalue weighted by Crippen LogP contribution is -2.41. The minimum absolute atomic E-state index is 0.00704. The van der Waals surface area contributed by atoms with Gasteiger partial charge in [0.15, 0.2) is 12.0 Å². The molecule has 1 unspecified atom stereocenters. The maximum Gasteiger partial charge on any atom is 0.251 e. The predicted octanol–water partition coefficient (Wildman–Crippen LogP) is 2.04. The van der Waals surface area contributed by atoms with Crippen molar-refractivity contribution in [2.24, 2.45) is 5.92 Å². The topological polar surface area (TPSA) is 58.4 Å². The second-order valence-corrected chi connectivity index (χ2v) is 6.18. The summed E-state index contributed by atoms with van der Waals surface area (Å²) in [6.07, 6.45) is 5.06. The fourth-order valence-corrected chi connectivity index (χ4v) is 3.57. The highest BCUT2D eigenvalue weighted by molar-refractivity contribution is 5.97. The fourth-order valence-electron chi connectivity index (χ4n) is 3.57. The van der Waals surface area contributed by atoms with E-state index in [2.05, 4.69) is 15.2 Å². The van der Waals surface area contributed by atoms with Gasteiger partial charge in [-0.2, -0.15) is 0 Å². The normalized spacial score (nSPS) is 28.5. The van der Waals surface area contributed by atoms with Crippen LogP contribution in [0, 0.1) is 5.92 Å². The second kappa shape index (κ2) is 5.15. The van der Waals surface area contributed by atoms with Crippen LogP contribution in [0.5, 0.6) is 0 Å². The number of hydrogen-bond donors (Lipinski definition) is 1. The van der Waals surface area contributed by atoms with Gasteiger partial charge in [-0.05, 0) is 56.5 Å². The van der Waals surface area contributed by atoms with Crippen molar-refractivity contribution in [1.82, 2.24) is 15.2 Å². The highest BCUT2D eigenvalue weighted by Gasteiger charge is 2.29. The van der Waals surface area contributed by atoms with Crippen LogP contribution in [-0.2, 0) is 0 Å². The zero-order valence-corrected chi connectivity index (χ0v) is 11.9. The SMILES string of the molecule is O=C(NC1CC2CCN(CC2)C1)c1ccc2ocnc2c1. The fraction of sp³-hybridized carbons (Fsp3) is 0.500. The molecule has 3 saturated heterocycles. The van der Waals surface area contributed by atoms with Gasteiger partial charge in [0, 0.05) is 18.2 Å². The molecule has 0 radical (unpaired) electrons. The Morgan fingerprint density at radius 2 is 2.19 bits per heavy atom. The summed E-state index contributed by atoms with van der Waals surface area (Å²) in [6, 6.07) is 5.66. The van der Waals surface area contributed by atoms with Crippen molar-refractivity contribution in [3.8, 4) is 0 Å². The average Bonchev–Trinajstić information content (AvgIpc) is 2.78. The number of oxazole rings is 1. The van der Waals surface area contributed by atoms with E-state index in [1.807, 2.05) is 0 Å². The molecule has 5 rings (SSSR count). The lowest BCUT2D eigenvalue weighted by molar-refractivity contribution is 0.0929. The van der Waals surface area contributed by atoms with E-state index in [0.29, 0.717) is 11.1 Å². The predicted molar refractivity (Wildman–Crippen MR) is 79.0 cm³/mol. The Hall–Kier alpha value is -1.88. The van der Waals surface area contributed by atoms with E-state index in [1.165, 1.54) is 32.3 Å². The Bertz CT molecular complexity index is 644. The number of amides is 1. The van der Waals surface area contributed by atoms with Gasteiger partial charge in [0.2, 0.25) is 0 Å². The van der Waals surface area contributed by atoms with Gasteiger partial charge >= 0.3 is 0 Å².